The van der Waals surface area contributed by atoms with Crippen molar-refractivity contribution in [2.24, 2.45) is 0 Å². The van der Waals surface area contributed by atoms with Crippen molar-refractivity contribution in [1.82, 2.24) is 4.90 Å². The van der Waals surface area contributed by atoms with Gasteiger partial charge in [0.2, 0.25) is 5.91 Å². The molecule has 0 radical (unpaired) electrons. The van der Waals surface area contributed by atoms with Gasteiger partial charge in [-0.25, -0.2) is 0 Å². The summed E-state index contributed by atoms with van der Waals surface area (Å²) in [5.74, 6) is 0.114. The van der Waals surface area contributed by atoms with E-state index in [1.165, 1.54) is 10.4 Å². The van der Waals surface area contributed by atoms with Gasteiger partial charge in [0.1, 0.15) is 0 Å². The molecule has 1 amide bonds. The predicted molar refractivity (Wildman–Crippen MR) is 51.2 cm³/mol. The van der Waals surface area contributed by atoms with E-state index in [4.69, 9.17) is 0 Å². The van der Waals surface area contributed by atoms with Crippen molar-refractivity contribution in [2.45, 2.75) is 20.4 Å². The van der Waals surface area contributed by atoms with Crippen molar-refractivity contribution in [1.29, 1.82) is 0 Å². The number of nitrogens with zero attached hydrogens (tertiary/aromatic N) is 1. The van der Waals surface area contributed by atoms with Crippen LogP contribution < -0.4 is 0 Å². The zero-order valence-electron chi connectivity index (χ0n) is 7.63. The lowest BCUT2D eigenvalue weighted by molar-refractivity contribution is -0.128. The van der Waals surface area contributed by atoms with Crippen LogP contribution in [-0.4, -0.2) is 17.9 Å². The van der Waals surface area contributed by atoms with Crippen LogP contribution >= 0.6 is 11.3 Å². The van der Waals surface area contributed by atoms with Crippen LogP contribution in [0.15, 0.2) is 11.4 Å². The molecule has 0 aliphatic heterocycles. The molecule has 0 bridgehead atoms. The fourth-order valence-electron chi connectivity index (χ4n) is 0.893. The Kier molecular flexibility index (Phi) is 2.87. The van der Waals surface area contributed by atoms with Gasteiger partial charge >= 0.3 is 0 Å². The molecular weight excluding hydrogens is 170 g/mol. The Hall–Kier alpha value is -0.830. The van der Waals surface area contributed by atoms with E-state index in [0.717, 1.165) is 6.54 Å². The number of hydrogen-bond acceptors (Lipinski definition) is 2. The lowest BCUT2D eigenvalue weighted by atomic mass is 10.3. The Morgan fingerprint density at radius 3 is 2.75 bits per heavy atom. The average Bonchev–Trinajstić information content (AvgIpc) is 2.36. The fourth-order valence-corrected chi connectivity index (χ4v) is 1.85. The highest BCUT2D eigenvalue weighted by Crippen LogP contribution is 2.16. The molecule has 12 heavy (non-hydrogen) atoms. The first-order valence-electron chi connectivity index (χ1n) is 3.86. The molecule has 0 atom stereocenters. The van der Waals surface area contributed by atoms with Gasteiger partial charge in [-0.3, -0.25) is 4.79 Å². The second-order valence-electron chi connectivity index (χ2n) is 2.90. The van der Waals surface area contributed by atoms with E-state index in [-0.39, 0.29) is 5.91 Å². The van der Waals surface area contributed by atoms with Crippen molar-refractivity contribution >= 4 is 17.2 Å². The Balaban J connectivity index is 2.64. The molecular formula is C9H13NOS. The second kappa shape index (κ2) is 3.72. The van der Waals surface area contributed by atoms with Gasteiger partial charge in [0.05, 0.1) is 6.54 Å². The van der Waals surface area contributed by atoms with E-state index < -0.39 is 0 Å². The lowest BCUT2D eigenvalue weighted by Gasteiger charge is -2.13. The number of hydrogen-bond donors (Lipinski definition) is 0. The molecule has 0 aliphatic rings. The maximum atomic E-state index is 10.9. The summed E-state index contributed by atoms with van der Waals surface area (Å²) >= 11 is 1.70. The molecule has 0 saturated carbocycles. The van der Waals surface area contributed by atoms with Crippen molar-refractivity contribution in [3.63, 3.8) is 0 Å². The molecule has 0 spiro atoms. The van der Waals surface area contributed by atoms with Gasteiger partial charge in [-0.15, -0.1) is 11.3 Å². The van der Waals surface area contributed by atoms with Crippen LogP contribution in [-0.2, 0) is 11.3 Å². The molecule has 0 fully saturated rings. The summed E-state index contributed by atoms with van der Waals surface area (Å²) in [4.78, 5) is 13.9. The van der Waals surface area contributed by atoms with Gasteiger partial charge in [0, 0.05) is 18.8 Å². The molecule has 1 aromatic rings. The average molecular weight is 183 g/mol. The van der Waals surface area contributed by atoms with Crippen LogP contribution in [0.3, 0.4) is 0 Å². The molecule has 3 heteroatoms. The Bertz CT molecular complexity index is 280. The highest BCUT2D eigenvalue weighted by atomic mass is 32.1. The van der Waals surface area contributed by atoms with Crippen LogP contribution in [0.2, 0.25) is 0 Å². The van der Waals surface area contributed by atoms with Gasteiger partial charge in [-0.2, -0.15) is 0 Å². The first-order valence-corrected chi connectivity index (χ1v) is 4.74. The van der Waals surface area contributed by atoms with Crippen LogP contribution in [0, 0.1) is 6.92 Å². The van der Waals surface area contributed by atoms with E-state index in [9.17, 15) is 4.79 Å². The number of aryl methyl sites for hydroxylation is 1. The van der Waals surface area contributed by atoms with E-state index in [0.29, 0.717) is 0 Å². The van der Waals surface area contributed by atoms with Crippen LogP contribution in [0.25, 0.3) is 0 Å². The van der Waals surface area contributed by atoms with Crippen molar-refractivity contribution < 1.29 is 4.79 Å². The summed E-state index contributed by atoms with van der Waals surface area (Å²) in [7, 11) is 1.82. The Morgan fingerprint density at radius 2 is 2.33 bits per heavy atom. The Labute approximate surface area is 76.8 Å². The summed E-state index contributed by atoms with van der Waals surface area (Å²) in [5.41, 5.74) is 1.27. The number of carbonyl (C=O) groups is 1. The van der Waals surface area contributed by atoms with Gasteiger partial charge < -0.3 is 4.90 Å². The molecule has 0 aromatic carbocycles. The molecule has 66 valence electrons. The third-order valence-corrected chi connectivity index (χ3v) is 2.89. The summed E-state index contributed by atoms with van der Waals surface area (Å²) < 4.78 is 0. The normalized spacial score (nSPS) is 9.92. The van der Waals surface area contributed by atoms with Crippen LogP contribution in [0.1, 0.15) is 17.4 Å². The van der Waals surface area contributed by atoms with Gasteiger partial charge in [-0.05, 0) is 23.9 Å². The lowest BCUT2D eigenvalue weighted by Crippen LogP contribution is -2.22. The third-order valence-electron chi connectivity index (χ3n) is 1.89. The first kappa shape index (κ1) is 9.26. The van der Waals surface area contributed by atoms with Gasteiger partial charge in [0.15, 0.2) is 0 Å². The quantitative estimate of drug-likeness (QED) is 0.687. The largest absolute Gasteiger partial charge is 0.341 e. The maximum absolute atomic E-state index is 10.9. The summed E-state index contributed by atoms with van der Waals surface area (Å²) in [6, 6.07) is 2.08. The molecule has 0 aliphatic carbocycles. The summed E-state index contributed by atoms with van der Waals surface area (Å²) in [5, 5.41) is 2.05. The van der Waals surface area contributed by atoms with E-state index in [1.54, 1.807) is 23.2 Å². The maximum Gasteiger partial charge on any atom is 0.219 e. The zero-order chi connectivity index (χ0) is 9.14. The smallest absolute Gasteiger partial charge is 0.219 e. The highest BCUT2D eigenvalue weighted by molar-refractivity contribution is 7.10. The van der Waals surface area contributed by atoms with Crippen molar-refractivity contribution in [3.8, 4) is 0 Å². The monoisotopic (exact) mass is 183 g/mol. The minimum absolute atomic E-state index is 0.114. The van der Waals surface area contributed by atoms with Gasteiger partial charge in [0.25, 0.3) is 0 Å². The third kappa shape index (κ3) is 2.08. The molecule has 0 saturated heterocycles. The SMILES string of the molecule is CC(=O)N(C)Cc1sccc1C. The molecule has 1 rings (SSSR count). The second-order valence-corrected chi connectivity index (χ2v) is 3.90. The molecule has 0 N–H and O–H groups in total. The van der Waals surface area contributed by atoms with Crippen molar-refractivity contribution in [2.75, 3.05) is 7.05 Å². The molecule has 2 nitrogen and oxygen atoms in total. The topological polar surface area (TPSA) is 20.3 Å². The minimum atomic E-state index is 0.114. The van der Waals surface area contributed by atoms with E-state index in [1.807, 2.05) is 7.05 Å². The first-order chi connectivity index (χ1) is 5.61. The summed E-state index contributed by atoms with van der Waals surface area (Å²) in [6.07, 6.45) is 0. The standard InChI is InChI=1S/C9H13NOS/c1-7-4-5-12-9(7)6-10(3)8(2)11/h4-5H,6H2,1-3H3. The number of rotatable bonds is 2. The van der Waals surface area contributed by atoms with Crippen LogP contribution in [0.5, 0.6) is 0 Å². The highest BCUT2D eigenvalue weighted by Gasteiger charge is 2.05. The molecule has 1 heterocycles. The van der Waals surface area contributed by atoms with Gasteiger partial charge in [-0.1, -0.05) is 0 Å². The van der Waals surface area contributed by atoms with E-state index >= 15 is 0 Å². The summed E-state index contributed by atoms with van der Waals surface area (Å²) in [6.45, 7) is 4.39. The Morgan fingerprint density at radius 1 is 1.67 bits per heavy atom. The number of thiophene rings is 1. The number of amides is 1. The molecule has 0 unspecified atom stereocenters. The van der Waals surface area contributed by atoms with E-state index in [2.05, 4.69) is 18.4 Å². The van der Waals surface area contributed by atoms with Crippen LogP contribution in [0.4, 0.5) is 0 Å². The minimum Gasteiger partial charge on any atom is -0.341 e. The zero-order valence-corrected chi connectivity index (χ0v) is 8.44. The fraction of sp³-hybridized carbons (Fsp3) is 0.444. The molecule has 1 aromatic heterocycles. The van der Waals surface area contributed by atoms with Crippen molar-refractivity contribution in [3.05, 3.63) is 21.9 Å². The number of carbonyl (C=O) groups excluding carboxylic acids is 1. The predicted octanol–water partition coefficient (Wildman–Crippen LogP) is 2.03.